The van der Waals surface area contributed by atoms with Crippen molar-refractivity contribution in [2.45, 2.75) is 101 Å². The molecule has 0 N–H and O–H groups in total. The monoisotopic (exact) mass is 1770 g/mol. The summed E-state index contributed by atoms with van der Waals surface area (Å²) >= 11 is 1.66. The number of aryl methyl sites for hydroxylation is 4. The van der Waals surface area contributed by atoms with Crippen LogP contribution in [0.1, 0.15) is 47.2 Å². The van der Waals surface area contributed by atoms with Gasteiger partial charge in [-0.2, -0.15) is 0 Å². The maximum Gasteiger partial charge on any atom is 0.206 e. The molecule has 0 aliphatic rings. The van der Waals surface area contributed by atoms with E-state index < -0.39 is 49.2 Å². The molecule has 0 unspecified atom stereocenters. The van der Waals surface area contributed by atoms with E-state index in [0.717, 1.165) is 55.3 Å². The van der Waals surface area contributed by atoms with Crippen LogP contribution in [-0.2, 0) is 54.6 Å². The topological polar surface area (TPSA) is 235 Å². The van der Waals surface area contributed by atoms with Crippen LogP contribution in [0.5, 0.6) is 63.2 Å². The van der Waals surface area contributed by atoms with Crippen LogP contribution in [-0.4, -0.2) is 69.7 Å². The average Bonchev–Trinajstić information content (AvgIpc) is 0.812. The van der Waals surface area contributed by atoms with Crippen molar-refractivity contribution in [3.63, 3.8) is 0 Å². The summed E-state index contributed by atoms with van der Waals surface area (Å²) in [6, 6.07) is 104. The van der Waals surface area contributed by atoms with Crippen LogP contribution in [0, 0.1) is 27.7 Å². The van der Waals surface area contributed by atoms with Crippen molar-refractivity contribution >= 4 is 60.9 Å². The number of ether oxygens (including phenoxy) is 7. The van der Waals surface area contributed by atoms with Gasteiger partial charge in [-0.3, -0.25) is 0 Å². The van der Waals surface area contributed by atoms with Crippen molar-refractivity contribution in [1.82, 2.24) is 0 Å². The fourth-order valence-corrected chi connectivity index (χ4v) is 19.3. The van der Waals surface area contributed by atoms with Crippen molar-refractivity contribution in [3.05, 3.63) is 397 Å². The van der Waals surface area contributed by atoms with E-state index in [9.17, 15) is 42.1 Å². The summed E-state index contributed by atoms with van der Waals surface area (Å²) in [6.45, 7) is 12.0. The van der Waals surface area contributed by atoms with Crippen LogP contribution in [0.2, 0.25) is 0 Å². The number of benzene rings is 15. The first kappa shape index (κ1) is 90.2. The van der Waals surface area contributed by atoms with Gasteiger partial charge < -0.3 is 33.2 Å². The standard InChI is InChI=1S/C29H28O4S.C26H22O6S2.C26H22O4S.C20H18O3S2/c1-21-5-17-27(18-6-21)34(30,31)28-19-15-26(16-20-28)33-25-13-9-23(10-14-25)29(2,3)22-7-11-24(32-4)12-8-22;1-19-3-11-23(12-4-19)33(27,28)25-15-7-21(8-16-25)32-22-9-17-26(18-10-22)34(29,30)24-13-5-20(31-2)6-14-24;1-19-3-15-25(16-4-19)31(27,28)26-17-13-24(14-18-26)30-23-11-7-21(8-12-23)20-5-9-22(29-2)10-6-20;1-15-3-11-19(12-4-15)25(21,22)20-13-7-17(8-14-20)23-16-5-9-18(24-2)10-6-16/h5-20H,1-4H3;3-18H,1-2H3;3-18H,1-2H3;3-14H,1-2H3. The summed E-state index contributed by atoms with van der Waals surface area (Å²) in [6.07, 6.45) is 2.02. The van der Waals surface area contributed by atoms with Gasteiger partial charge in [-0.1, -0.05) is 133 Å². The summed E-state index contributed by atoms with van der Waals surface area (Å²) in [5, 5.41) is 0. The molecule has 0 fully saturated rings. The molecule has 15 aromatic carbocycles. The molecule has 0 heterocycles. The third kappa shape index (κ3) is 22.6. The molecule has 0 spiro atoms. The molecule has 0 saturated carbocycles. The highest BCUT2D eigenvalue weighted by Gasteiger charge is 2.26. The Morgan fingerprint density at radius 2 is 0.347 bits per heavy atom. The first-order valence-electron chi connectivity index (χ1n) is 38.9. The zero-order chi connectivity index (χ0) is 88.4. The third-order valence-electron chi connectivity index (χ3n) is 20.0. The van der Waals surface area contributed by atoms with Crippen LogP contribution >= 0.6 is 11.8 Å². The predicted molar refractivity (Wildman–Crippen MR) is 486 cm³/mol. The lowest BCUT2D eigenvalue weighted by atomic mass is 9.78. The van der Waals surface area contributed by atoms with Crippen LogP contribution in [0.3, 0.4) is 0 Å². The molecule has 0 atom stereocenters. The molecule has 17 nitrogen and oxygen atoms in total. The van der Waals surface area contributed by atoms with Crippen LogP contribution < -0.4 is 33.2 Å². The Morgan fingerprint density at radius 1 is 0.202 bits per heavy atom. The minimum Gasteiger partial charge on any atom is -0.497 e. The maximum absolute atomic E-state index is 12.9. The maximum atomic E-state index is 12.9. The molecule has 124 heavy (non-hydrogen) atoms. The van der Waals surface area contributed by atoms with Gasteiger partial charge in [0, 0.05) is 10.3 Å². The summed E-state index contributed by atoms with van der Waals surface area (Å²) in [7, 11) is -13.1. The van der Waals surface area contributed by atoms with Crippen molar-refractivity contribution in [2.24, 2.45) is 0 Å². The predicted octanol–water partition coefficient (Wildman–Crippen LogP) is 24.1. The second-order valence-electron chi connectivity index (χ2n) is 29.0. The molecular weight excluding hydrogens is 1680 g/mol. The van der Waals surface area contributed by atoms with Gasteiger partial charge in [-0.15, -0.1) is 11.8 Å². The molecule has 0 bridgehead atoms. The van der Waals surface area contributed by atoms with Crippen molar-refractivity contribution in [2.75, 3.05) is 27.6 Å². The van der Waals surface area contributed by atoms with Crippen LogP contribution in [0.4, 0.5) is 0 Å². The number of sulfone groups is 5. The zero-order valence-corrected chi connectivity index (χ0v) is 74.4. The Bertz CT molecular complexity index is 6690. The average molecular weight is 1770 g/mol. The smallest absolute Gasteiger partial charge is 0.206 e. The van der Waals surface area contributed by atoms with E-state index in [1.54, 1.807) is 232 Å². The lowest BCUT2D eigenvalue weighted by molar-refractivity contribution is 0.414. The van der Waals surface area contributed by atoms with Crippen molar-refractivity contribution in [3.8, 4) is 74.4 Å². The van der Waals surface area contributed by atoms with E-state index in [1.165, 1.54) is 49.1 Å². The van der Waals surface area contributed by atoms with E-state index in [2.05, 4.69) is 38.1 Å². The largest absolute Gasteiger partial charge is 0.497 e. The molecule has 23 heteroatoms. The quantitative estimate of drug-likeness (QED) is 0.0484. The third-order valence-corrected chi connectivity index (χ3v) is 29.7. The molecule has 0 aromatic heterocycles. The minimum absolute atomic E-state index is 0.129. The molecule has 632 valence electrons. The van der Waals surface area contributed by atoms with E-state index in [0.29, 0.717) is 56.6 Å². The molecule has 0 amide bonds. The Morgan fingerprint density at radius 3 is 0.532 bits per heavy atom. The van der Waals surface area contributed by atoms with Crippen molar-refractivity contribution in [1.29, 1.82) is 0 Å². The molecule has 0 aliphatic heterocycles. The van der Waals surface area contributed by atoms with Gasteiger partial charge in [0.2, 0.25) is 49.2 Å². The lowest BCUT2D eigenvalue weighted by Gasteiger charge is -2.26. The number of thioether (sulfide) groups is 1. The number of hydrogen-bond donors (Lipinski definition) is 0. The first-order valence-corrected chi connectivity index (χ1v) is 47.5. The number of methoxy groups -OCH3 is 3. The zero-order valence-electron chi connectivity index (χ0n) is 69.5. The Labute approximate surface area is 730 Å². The molecule has 0 radical (unpaired) electrons. The van der Waals surface area contributed by atoms with Gasteiger partial charge in [0.25, 0.3) is 0 Å². The molecule has 15 aromatic rings. The summed E-state index contributed by atoms with van der Waals surface area (Å²) < 4.78 is 167. The molecular formula is C101H90O17S6. The fourth-order valence-electron chi connectivity index (χ4n) is 12.5. The van der Waals surface area contributed by atoms with Gasteiger partial charge in [0.1, 0.15) is 63.2 Å². The van der Waals surface area contributed by atoms with E-state index >= 15 is 0 Å². The summed E-state index contributed by atoms with van der Waals surface area (Å²) in [4.78, 5) is 3.40. The number of rotatable bonds is 25. The SMILES string of the molecule is COc1ccc(-c2ccc(Oc3ccc(S(=O)(=O)c4ccc(C)cc4)cc3)cc2)cc1.COc1ccc(C(C)(C)c2ccc(Oc3ccc(S(=O)(=O)c4ccc(C)cc4)cc3)cc2)cc1.COc1ccc(S(=O)(=O)c2ccc(Oc3ccc(S(=O)(=O)c4ccc(C)cc4)cc3)cc2)cc1.CSc1ccc(Oc2ccc(S(=O)(=O)c3ccc(C)cc3)cc2)cc1. The molecule has 15 rings (SSSR count). The highest BCUT2D eigenvalue weighted by atomic mass is 32.2. The van der Waals surface area contributed by atoms with Gasteiger partial charge in [0.15, 0.2) is 0 Å². The Balaban J connectivity index is 0.000000152. The van der Waals surface area contributed by atoms with Gasteiger partial charge in [-0.05, 0) is 323 Å². The number of hydrogen-bond acceptors (Lipinski definition) is 18. The lowest BCUT2D eigenvalue weighted by Crippen LogP contribution is -2.18. The van der Waals surface area contributed by atoms with E-state index in [1.807, 2.05) is 131 Å². The molecule has 0 aliphatic carbocycles. The highest BCUT2D eigenvalue weighted by molar-refractivity contribution is 7.98. The minimum atomic E-state index is -3.68. The summed E-state index contributed by atoms with van der Waals surface area (Å²) in [5.41, 5.74) is 8.34. The first-order chi connectivity index (χ1) is 59.3. The van der Waals surface area contributed by atoms with Gasteiger partial charge >= 0.3 is 0 Å². The van der Waals surface area contributed by atoms with Crippen LogP contribution in [0.25, 0.3) is 11.1 Å². The van der Waals surface area contributed by atoms with E-state index in [-0.39, 0.29) is 49.5 Å². The second-order valence-corrected chi connectivity index (χ2v) is 39.6. The Hall–Kier alpha value is -13.0. The van der Waals surface area contributed by atoms with Crippen LogP contribution in [0.15, 0.2) is 418 Å². The summed E-state index contributed by atoms with van der Waals surface area (Å²) in [5.74, 6) is 6.88. The van der Waals surface area contributed by atoms with Gasteiger partial charge in [-0.25, -0.2) is 42.1 Å². The fraction of sp³-hybridized carbons (Fsp3) is 0.109. The second kappa shape index (κ2) is 39.9. The Kier molecular flexibility index (Phi) is 29.0. The molecule has 0 saturated heterocycles. The highest BCUT2D eigenvalue weighted by Crippen LogP contribution is 2.38. The van der Waals surface area contributed by atoms with E-state index in [4.69, 9.17) is 33.2 Å². The normalized spacial score (nSPS) is 11.5. The van der Waals surface area contributed by atoms with Gasteiger partial charge in [0.05, 0.1) is 70.3 Å². The van der Waals surface area contributed by atoms with Crippen molar-refractivity contribution < 1.29 is 75.2 Å².